The number of carbonyl (C=O) groups excluding carboxylic acids is 2. The largest absolute Gasteiger partial charge is 0.469 e. The predicted molar refractivity (Wildman–Crippen MR) is 154 cm³/mol. The van der Waals surface area contributed by atoms with Gasteiger partial charge in [-0.2, -0.15) is 0 Å². The number of carbonyl (C=O) groups is 2. The molecule has 0 radical (unpaired) electrons. The first-order valence-electron chi connectivity index (χ1n) is 13.8. The summed E-state index contributed by atoms with van der Waals surface area (Å²) in [6, 6.07) is 6.10. The highest BCUT2D eigenvalue weighted by Crippen LogP contribution is 2.38. The summed E-state index contributed by atoms with van der Waals surface area (Å²) in [5.74, 6) is -1.27. The Kier molecular flexibility index (Phi) is 12.0. The number of aromatic nitrogens is 1. The lowest BCUT2D eigenvalue weighted by molar-refractivity contribution is -0.155. The van der Waals surface area contributed by atoms with Crippen LogP contribution in [0.4, 0.5) is 4.39 Å². The number of rotatable bonds is 13. The van der Waals surface area contributed by atoms with E-state index in [0.29, 0.717) is 23.1 Å². The first-order valence-corrected chi connectivity index (χ1v) is 13.8. The Balaban J connectivity index is 2.72. The lowest BCUT2D eigenvalue weighted by Gasteiger charge is -2.25. The van der Waals surface area contributed by atoms with Crippen molar-refractivity contribution in [2.24, 2.45) is 5.41 Å². The van der Waals surface area contributed by atoms with E-state index in [1.54, 1.807) is 24.3 Å². The maximum absolute atomic E-state index is 13.9. The summed E-state index contributed by atoms with van der Waals surface area (Å²) in [7, 11) is 1.24. The van der Waals surface area contributed by atoms with Crippen molar-refractivity contribution >= 4 is 18.0 Å². The van der Waals surface area contributed by atoms with Gasteiger partial charge in [0.1, 0.15) is 12.4 Å². The summed E-state index contributed by atoms with van der Waals surface area (Å²) in [4.78, 5) is 29.4. The van der Waals surface area contributed by atoms with Gasteiger partial charge in [-0.15, -0.1) is 0 Å². The Hall–Kier alpha value is -3.10. The molecule has 1 heterocycles. The van der Waals surface area contributed by atoms with Crippen LogP contribution >= 0.6 is 0 Å². The number of pyridine rings is 1. The highest BCUT2D eigenvalue weighted by atomic mass is 19.1. The van der Waals surface area contributed by atoms with E-state index in [-0.39, 0.29) is 43.1 Å². The number of hydrogen-bond acceptors (Lipinski definition) is 7. The van der Waals surface area contributed by atoms with Crippen LogP contribution in [0, 0.1) is 11.2 Å². The molecule has 2 unspecified atom stereocenters. The van der Waals surface area contributed by atoms with Crippen LogP contribution in [0.5, 0.6) is 0 Å². The van der Waals surface area contributed by atoms with Crippen molar-refractivity contribution in [2.75, 3.05) is 7.11 Å². The minimum Gasteiger partial charge on any atom is -0.469 e. The quantitative estimate of drug-likeness (QED) is 0.278. The number of hydrogen-bond donors (Lipinski definition) is 2. The van der Waals surface area contributed by atoms with Gasteiger partial charge < -0.3 is 19.7 Å². The van der Waals surface area contributed by atoms with Gasteiger partial charge in [0, 0.05) is 17.5 Å². The third-order valence-electron chi connectivity index (χ3n) is 7.04. The Morgan fingerprint density at radius 3 is 2.17 bits per heavy atom. The molecule has 1 aromatic carbocycles. The number of ether oxygens (including phenoxy) is 2. The van der Waals surface area contributed by atoms with Crippen LogP contribution in [-0.4, -0.2) is 46.5 Å². The molecule has 220 valence electrons. The SMILES string of the molecule is CCC(C)(C)C(=O)OCc1c(C(C)C)nc(C(C)C)c(/C=C/C(O)CC(O)CC(=O)OC)c1-c1ccc(F)cc1. The van der Waals surface area contributed by atoms with Crippen molar-refractivity contribution in [1.29, 1.82) is 0 Å². The molecule has 7 nitrogen and oxygen atoms in total. The van der Waals surface area contributed by atoms with E-state index in [1.165, 1.54) is 19.2 Å². The van der Waals surface area contributed by atoms with Gasteiger partial charge >= 0.3 is 11.9 Å². The zero-order chi connectivity index (χ0) is 30.2. The highest BCUT2D eigenvalue weighted by Gasteiger charge is 2.29. The average molecular weight is 558 g/mol. The molecule has 0 fully saturated rings. The second-order valence-electron chi connectivity index (χ2n) is 11.4. The van der Waals surface area contributed by atoms with Crippen LogP contribution in [0.1, 0.15) is 102 Å². The molecule has 0 amide bonds. The predicted octanol–water partition coefficient (Wildman–Crippen LogP) is 6.30. The van der Waals surface area contributed by atoms with Gasteiger partial charge in [-0.25, -0.2) is 4.39 Å². The van der Waals surface area contributed by atoms with E-state index >= 15 is 0 Å². The molecule has 0 bridgehead atoms. The van der Waals surface area contributed by atoms with Gasteiger partial charge in [0.05, 0.1) is 42.5 Å². The minimum absolute atomic E-state index is 0.00155. The van der Waals surface area contributed by atoms with Crippen LogP contribution in [-0.2, 0) is 25.7 Å². The summed E-state index contributed by atoms with van der Waals surface area (Å²) in [5.41, 5.74) is 3.76. The summed E-state index contributed by atoms with van der Waals surface area (Å²) in [5, 5.41) is 20.8. The third kappa shape index (κ3) is 8.70. The molecule has 2 atom stereocenters. The first-order chi connectivity index (χ1) is 18.7. The van der Waals surface area contributed by atoms with E-state index < -0.39 is 23.6 Å². The average Bonchev–Trinajstić information content (AvgIpc) is 2.89. The maximum Gasteiger partial charge on any atom is 0.311 e. The Morgan fingerprint density at radius 1 is 1.05 bits per heavy atom. The molecule has 0 aliphatic rings. The van der Waals surface area contributed by atoms with Crippen LogP contribution in [0.25, 0.3) is 17.2 Å². The number of nitrogens with zero attached hydrogens (tertiary/aromatic N) is 1. The number of methoxy groups -OCH3 is 1. The van der Waals surface area contributed by atoms with Crippen molar-refractivity contribution in [3.63, 3.8) is 0 Å². The van der Waals surface area contributed by atoms with Crippen LogP contribution in [0.2, 0.25) is 0 Å². The molecule has 2 N–H and O–H groups in total. The number of halogens is 1. The van der Waals surface area contributed by atoms with Crippen LogP contribution < -0.4 is 0 Å². The Bertz CT molecular complexity index is 1190. The molecule has 0 saturated heterocycles. The second kappa shape index (κ2) is 14.5. The fraction of sp³-hybridized carbons (Fsp3) is 0.531. The highest BCUT2D eigenvalue weighted by molar-refractivity contribution is 5.81. The molecule has 0 aliphatic heterocycles. The van der Waals surface area contributed by atoms with E-state index in [4.69, 9.17) is 9.72 Å². The summed E-state index contributed by atoms with van der Waals surface area (Å²) in [6.07, 6.45) is 1.47. The molecular weight excluding hydrogens is 513 g/mol. The Labute approximate surface area is 237 Å². The second-order valence-corrected chi connectivity index (χ2v) is 11.4. The van der Waals surface area contributed by atoms with Gasteiger partial charge in [-0.05, 0) is 55.4 Å². The summed E-state index contributed by atoms with van der Waals surface area (Å²) >= 11 is 0. The minimum atomic E-state index is -1.08. The lowest BCUT2D eigenvalue weighted by Crippen LogP contribution is -2.26. The van der Waals surface area contributed by atoms with Crippen LogP contribution in [0.15, 0.2) is 30.3 Å². The fourth-order valence-corrected chi connectivity index (χ4v) is 4.26. The number of esters is 2. The number of benzene rings is 1. The van der Waals surface area contributed by atoms with Gasteiger partial charge in [-0.1, -0.05) is 58.9 Å². The molecular formula is C32H44FNO6. The molecule has 2 rings (SSSR count). The summed E-state index contributed by atoms with van der Waals surface area (Å²) < 4.78 is 24.4. The fourth-order valence-electron chi connectivity index (χ4n) is 4.26. The molecule has 1 aromatic heterocycles. The van der Waals surface area contributed by atoms with Gasteiger partial charge in [-0.3, -0.25) is 14.6 Å². The zero-order valence-corrected chi connectivity index (χ0v) is 25.0. The number of aliphatic hydroxyl groups is 2. The normalized spacial score (nSPS) is 13.6. The molecule has 0 aliphatic carbocycles. The van der Waals surface area contributed by atoms with Crippen molar-refractivity contribution < 1.29 is 33.7 Å². The van der Waals surface area contributed by atoms with Crippen molar-refractivity contribution in [2.45, 2.75) is 98.4 Å². The molecule has 40 heavy (non-hydrogen) atoms. The number of aliphatic hydroxyl groups excluding tert-OH is 2. The first kappa shape index (κ1) is 33.1. The van der Waals surface area contributed by atoms with Gasteiger partial charge in [0.25, 0.3) is 0 Å². The van der Waals surface area contributed by atoms with Gasteiger partial charge in [0.2, 0.25) is 0 Å². The van der Waals surface area contributed by atoms with Crippen molar-refractivity contribution in [3.05, 3.63) is 58.7 Å². The zero-order valence-electron chi connectivity index (χ0n) is 25.0. The molecule has 0 spiro atoms. The summed E-state index contributed by atoms with van der Waals surface area (Å²) in [6.45, 7) is 13.6. The molecule has 8 heteroatoms. The standard InChI is InChI=1S/C32H44FNO6/c1-9-32(6,7)31(38)40-18-26-28(21-10-12-22(33)13-11-21)25(29(19(2)3)34-30(26)20(4)5)15-14-23(35)16-24(36)17-27(37)39-8/h10-15,19-20,23-24,35-36H,9,16-18H2,1-8H3/b15-14+. The molecule has 0 saturated carbocycles. The molecule has 2 aromatic rings. The van der Waals surface area contributed by atoms with Gasteiger partial charge in [0.15, 0.2) is 0 Å². The van der Waals surface area contributed by atoms with Crippen molar-refractivity contribution in [1.82, 2.24) is 4.98 Å². The smallest absolute Gasteiger partial charge is 0.311 e. The van der Waals surface area contributed by atoms with Crippen LogP contribution in [0.3, 0.4) is 0 Å². The third-order valence-corrected chi connectivity index (χ3v) is 7.04. The van der Waals surface area contributed by atoms with E-state index in [0.717, 1.165) is 17.0 Å². The monoisotopic (exact) mass is 557 g/mol. The van der Waals surface area contributed by atoms with E-state index in [9.17, 15) is 24.2 Å². The maximum atomic E-state index is 13.9. The van der Waals surface area contributed by atoms with E-state index in [1.807, 2.05) is 48.5 Å². The van der Waals surface area contributed by atoms with E-state index in [2.05, 4.69) is 4.74 Å². The topological polar surface area (TPSA) is 106 Å². The Morgan fingerprint density at radius 2 is 1.65 bits per heavy atom. The lowest BCUT2D eigenvalue weighted by atomic mass is 9.86. The van der Waals surface area contributed by atoms with Crippen molar-refractivity contribution in [3.8, 4) is 11.1 Å².